The van der Waals surface area contributed by atoms with Crippen LogP contribution in [0.15, 0.2) is 59.5 Å². The molecule has 172 valence electrons. The molecule has 1 heterocycles. The van der Waals surface area contributed by atoms with Gasteiger partial charge in [-0.1, -0.05) is 61.8 Å². The molecular weight excluding hydrogens is 464 g/mol. The van der Waals surface area contributed by atoms with E-state index in [0.717, 1.165) is 16.5 Å². The lowest BCUT2D eigenvalue weighted by Crippen LogP contribution is -2.40. The zero-order valence-electron chi connectivity index (χ0n) is 18.8. The zero-order chi connectivity index (χ0) is 23.5. The first-order chi connectivity index (χ1) is 15.1. The molecule has 8 heteroatoms. The van der Waals surface area contributed by atoms with Crippen LogP contribution < -0.4 is 4.31 Å². The molecule has 0 amide bonds. The third kappa shape index (κ3) is 5.11. The number of nitrogens with one attached hydrogen (secondary N) is 1. The maximum Gasteiger partial charge on any atom is 0.265 e. The highest BCUT2D eigenvalue weighted by Gasteiger charge is 2.33. The first-order valence-electron chi connectivity index (χ1n) is 10.6. The smallest absolute Gasteiger partial charge is 0.265 e. The SMILES string of the molecule is CCC(CN(c1sc2ccccc2c1Cl)S(=O)(=O)c1ccccc1)C(=N)OC(C)(C)CC. The fourth-order valence-electron chi connectivity index (χ4n) is 3.22. The number of nitrogens with zero attached hydrogens (tertiary/aromatic N) is 1. The van der Waals surface area contributed by atoms with Gasteiger partial charge in [0.1, 0.15) is 10.6 Å². The van der Waals surface area contributed by atoms with Gasteiger partial charge in [0, 0.05) is 16.6 Å². The van der Waals surface area contributed by atoms with Gasteiger partial charge >= 0.3 is 0 Å². The number of anilines is 1. The standard InChI is InChI=1S/C24H29ClN2O3S2/c1-5-17(22(26)30-24(3,4)6-2)16-27(32(28,29)18-12-8-7-9-13-18)23-21(25)19-14-10-11-15-20(19)31-23/h7-15,17,26H,5-6,16H2,1-4H3. The quantitative estimate of drug-likeness (QED) is 0.259. The minimum absolute atomic E-state index is 0.0684. The minimum Gasteiger partial charge on any atom is -0.475 e. The van der Waals surface area contributed by atoms with Crippen molar-refractivity contribution < 1.29 is 13.2 Å². The average molecular weight is 493 g/mol. The van der Waals surface area contributed by atoms with Crippen molar-refractivity contribution in [3.63, 3.8) is 0 Å². The molecule has 0 radical (unpaired) electrons. The number of hydrogen-bond donors (Lipinski definition) is 1. The summed E-state index contributed by atoms with van der Waals surface area (Å²) < 4.78 is 35.7. The molecule has 5 nitrogen and oxygen atoms in total. The van der Waals surface area contributed by atoms with Crippen molar-refractivity contribution in [1.29, 1.82) is 5.41 Å². The van der Waals surface area contributed by atoms with E-state index in [1.165, 1.54) is 15.6 Å². The van der Waals surface area contributed by atoms with Crippen LogP contribution in [0.5, 0.6) is 0 Å². The molecule has 1 atom stereocenters. The van der Waals surface area contributed by atoms with Crippen LogP contribution in [0.25, 0.3) is 10.1 Å². The second kappa shape index (κ2) is 9.81. The summed E-state index contributed by atoms with van der Waals surface area (Å²) in [5, 5.41) is 10.2. The van der Waals surface area contributed by atoms with Gasteiger partial charge in [-0.25, -0.2) is 8.42 Å². The van der Waals surface area contributed by atoms with E-state index in [0.29, 0.717) is 16.4 Å². The predicted molar refractivity (Wildman–Crippen MR) is 135 cm³/mol. The summed E-state index contributed by atoms with van der Waals surface area (Å²) in [5.41, 5.74) is -0.497. The summed E-state index contributed by atoms with van der Waals surface area (Å²) in [5.74, 6) is -0.328. The van der Waals surface area contributed by atoms with E-state index in [1.807, 2.05) is 52.0 Å². The van der Waals surface area contributed by atoms with Crippen LogP contribution in [0.2, 0.25) is 5.02 Å². The van der Waals surface area contributed by atoms with E-state index in [4.69, 9.17) is 21.7 Å². The normalized spacial score (nSPS) is 13.2. The molecule has 0 aliphatic rings. The van der Waals surface area contributed by atoms with Gasteiger partial charge in [-0.3, -0.25) is 9.71 Å². The van der Waals surface area contributed by atoms with E-state index in [9.17, 15) is 8.42 Å². The van der Waals surface area contributed by atoms with Crippen LogP contribution in [0.1, 0.15) is 40.5 Å². The topological polar surface area (TPSA) is 70.5 Å². The van der Waals surface area contributed by atoms with Crippen LogP contribution in [0.3, 0.4) is 0 Å². The Morgan fingerprint density at radius 3 is 2.34 bits per heavy atom. The summed E-state index contributed by atoms with van der Waals surface area (Å²) in [6.07, 6.45) is 1.29. The van der Waals surface area contributed by atoms with Crippen molar-refractivity contribution in [2.75, 3.05) is 10.8 Å². The van der Waals surface area contributed by atoms with Crippen molar-refractivity contribution in [2.24, 2.45) is 5.92 Å². The minimum atomic E-state index is -3.91. The lowest BCUT2D eigenvalue weighted by molar-refractivity contribution is 0.0799. The number of benzene rings is 2. The first kappa shape index (κ1) is 24.6. The van der Waals surface area contributed by atoms with E-state index in [2.05, 4.69) is 0 Å². The molecule has 32 heavy (non-hydrogen) atoms. The molecule has 0 bridgehead atoms. The van der Waals surface area contributed by atoms with E-state index >= 15 is 0 Å². The van der Waals surface area contributed by atoms with E-state index < -0.39 is 21.5 Å². The predicted octanol–water partition coefficient (Wildman–Crippen LogP) is 6.96. The van der Waals surface area contributed by atoms with Gasteiger partial charge in [0.05, 0.1) is 15.8 Å². The summed E-state index contributed by atoms with van der Waals surface area (Å²) in [6.45, 7) is 7.85. The molecule has 1 unspecified atom stereocenters. The van der Waals surface area contributed by atoms with Crippen molar-refractivity contribution >= 4 is 53.9 Å². The summed E-state index contributed by atoms with van der Waals surface area (Å²) in [7, 11) is -3.91. The van der Waals surface area contributed by atoms with Crippen molar-refractivity contribution in [2.45, 2.75) is 51.0 Å². The maximum absolute atomic E-state index is 13.7. The molecule has 1 aromatic heterocycles. The summed E-state index contributed by atoms with van der Waals surface area (Å²) >= 11 is 8.04. The van der Waals surface area contributed by atoms with E-state index in [-0.39, 0.29) is 17.3 Å². The molecular formula is C24H29ClN2O3S2. The fraction of sp³-hybridized carbons (Fsp3) is 0.375. The number of rotatable bonds is 9. The Morgan fingerprint density at radius 1 is 1.12 bits per heavy atom. The van der Waals surface area contributed by atoms with E-state index in [1.54, 1.807) is 30.3 Å². The highest BCUT2D eigenvalue weighted by molar-refractivity contribution is 7.93. The second-order valence-corrected chi connectivity index (χ2v) is 11.5. The monoisotopic (exact) mass is 492 g/mol. The number of sulfonamides is 1. The number of ether oxygens (including phenoxy) is 1. The molecule has 2 aromatic carbocycles. The van der Waals surface area contributed by atoms with Gasteiger partial charge in [-0.15, -0.1) is 11.3 Å². The Hall–Kier alpha value is -2.09. The van der Waals surface area contributed by atoms with Crippen molar-refractivity contribution in [1.82, 2.24) is 0 Å². The second-order valence-electron chi connectivity index (χ2n) is 8.25. The Balaban J connectivity index is 2.08. The van der Waals surface area contributed by atoms with Crippen LogP contribution in [-0.2, 0) is 14.8 Å². The molecule has 3 rings (SSSR count). The first-order valence-corrected chi connectivity index (χ1v) is 13.3. The third-order valence-corrected chi connectivity index (χ3v) is 9.15. The number of thiophene rings is 1. The van der Waals surface area contributed by atoms with Gasteiger partial charge in [0.15, 0.2) is 5.90 Å². The maximum atomic E-state index is 13.7. The molecule has 0 fully saturated rings. The third-order valence-electron chi connectivity index (χ3n) is 5.56. The number of halogens is 1. The largest absolute Gasteiger partial charge is 0.475 e. The van der Waals surface area contributed by atoms with Crippen LogP contribution >= 0.6 is 22.9 Å². The highest BCUT2D eigenvalue weighted by Crippen LogP contribution is 2.44. The van der Waals surface area contributed by atoms with Crippen LogP contribution in [-0.4, -0.2) is 26.5 Å². The number of fused-ring (bicyclic) bond motifs is 1. The summed E-state index contributed by atoms with van der Waals surface area (Å²) in [6, 6.07) is 15.9. The van der Waals surface area contributed by atoms with Crippen LogP contribution in [0.4, 0.5) is 5.00 Å². The van der Waals surface area contributed by atoms with Crippen LogP contribution in [0, 0.1) is 11.3 Å². The molecule has 0 aliphatic heterocycles. The number of hydrogen-bond acceptors (Lipinski definition) is 5. The Labute approximate surface area is 199 Å². The van der Waals surface area contributed by atoms with Gasteiger partial charge < -0.3 is 4.74 Å². The lowest BCUT2D eigenvalue weighted by Gasteiger charge is -2.31. The Bertz CT molecular complexity index is 1190. The van der Waals surface area contributed by atoms with Gasteiger partial charge in [0.25, 0.3) is 10.0 Å². The molecule has 0 spiro atoms. The Kier molecular flexibility index (Phi) is 7.53. The molecule has 0 aliphatic carbocycles. The average Bonchev–Trinajstić information content (AvgIpc) is 3.11. The lowest BCUT2D eigenvalue weighted by atomic mass is 10.0. The molecule has 1 N–H and O–H groups in total. The molecule has 0 saturated heterocycles. The van der Waals surface area contributed by atoms with Crippen molar-refractivity contribution in [3.05, 3.63) is 59.6 Å². The van der Waals surface area contributed by atoms with Crippen molar-refractivity contribution in [3.8, 4) is 0 Å². The van der Waals surface area contributed by atoms with Gasteiger partial charge in [-0.05, 0) is 44.9 Å². The Morgan fingerprint density at radius 2 is 1.75 bits per heavy atom. The van der Waals surface area contributed by atoms with Gasteiger partial charge in [0.2, 0.25) is 0 Å². The van der Waals surface area contributed by atoms with Gasteiger partial charge in [-0.2, -0.15) is 0 Å². The molecule has 0 saturated carbocycles. The molecule has 3 aromatic rings. The zero-order valence-corrected chi connectivity index (χ0v) is 21.2. The summed E-state index contributed by atoms with van der Waals surface area (Å²) in [4.78, 5) is 0.185. The fourth-order valence-corrected chi connectivity index (χ4v) is 6.57. The highest BCUT2D eigenvalue weighted by atomic mass is 35.5.